The second-order valence-corrected chi connectivity index (χ2v) is 5.82. The van der Waals surface area contributed by atoms with Crippen LogP contribution in [-0.2, 0) is 0 Å². The Morgan fingerprint density at radius 2 is 2.11 bits per heavy atom. The number of hydrogen-bond donors (Lipinski definition) is 1. The van der Waals surface area contributed by atoms with Gasteiger partial charge in [0.25, 0.3) is 0 Å². The van der Waals surface area contributed by atoms with Gasteiger partial charge in [-0.1, -0.05) is 11.3 Å². The standard InChI is InChI=1S/C12H11BrN2O2S/c13-8-4-7(10-6-15-12(14)18-10)5-9-11(8)17-3-1-2-16-9/h4-6H,1-3H2,(H2,14,15). The van der Waals surface area contributed by atoms with Gasteiger partial charge in [0.2, 0.25) is 0 Å². The number of hydrogen-bond acceptors (Lipinski definition) is 5. The summed E-state index contributed by atoms with van der Waals surface area (Å²) < 4.78 is 12.3. The van der Waals surface area contributed by atoms with E-state index in [2.05, 4.69) is 20.9 Å². The van der Waals surface area contributed by atoms with Crippen LogP contribution in [0.3, 0.4) is 0 Å². The molecule has 0 amide bonds. The normalized spacial score (nSPS) is 14.3. The predicted octanol–water partition coefficient (Wildman–Crippen LogP) is 3.32. The molecule has 1 aliphatic heterocycles. The molecule has 0 aliphatic carbocycles. The maximum Gasteiger partial charge on any atom is 0.180 e. The average Bonchev–Trinajstić information content (AvgIpc) is 2.63. The van der Waals surface area contributed by atoms with E-state index in [-0.39, 0.29) is 0 Å². The molecule has 0 spiro atoms. The fourth-order valence-corrected chi connectivity index (χ4v) is 3.02. The summed E-state index contributed by atoms with van der Waals surface area (Å²) in [5.74, 6) is 1.54. The lowest BCUT2D eigenvalue weighted by molar-refractivity contribution is 0.296. The highest BCUT2D eigenvalue weighted by atomic mass is 79.9. The van der Waals surface area contributed by atoms with Crippen LogP contribution in [0.25, 0.3) is 10.4 Å². The number of nitrogen functional groups attached to an aromatic ring is 1. The molecule has 4 nitrogen and oxygen atoms in total. The molecule has 2 heterocycles. The highest BCUT2D eigenvalue weighted by Crippen LogP contribution is 2.42. The summed E-state index contributed by atoms with van der Waals surface area (Å²) in [6, 6.07) is 3.97. The van der Waals surface area contributed by atoms with Crippen molar-refractivity contribution in [1.82, 2.24) is 4.98 Å². The van der Waals surface area contributed by atoms with Gasteiger partial charge in [-0.05, 0) is 33.6 Å². The summed E-state index contributed by atoms with van der Waals surface area (Å²) >= 11 is 4.97. The van der Waals surface area contributed by atoms with Crippen LogP contribution >= 0.6 is 27.3 Å². The van der Waals surface area contributed by atoms with Crippen molar-refractivity contribution in [2.75, 3.05) is 18.9 Å². The van der Waals surface area contributed by atoms with E-state index in [0.29, 0.717) is 18.3 Å². The summed E-state index contributed by atoms with van der Waals surface area (Å²) in [5.41, 5.74) is 6.68. The molecule has 1 aromatic carbocycles. The van der Waals surface area contributed by atoms with Crippen LogP contribution in [0.4, 0.5) is 5.13 Å². The molecule has 0 atom stereocenters. The number of thiazole rings is 1. The highest BCUT2D eigenvalue weighted by molar-refractivity contribution is 9.10. The predicted molar refractivity (Wildman–Crippen MR) is 75.3 cm³/mol. The van der Waals surface area contributed by atoms with Gasteiger partial charge < -0.3 is 15.2 Å². The highest BCUT2D eigenvalue weighted by Gasteiger charge is 2.16. The molecular formula is C12H11BrN2O2S. The zero-order valence-electron chi connectivity index (χ0n) is 9.48. The topological polar surface area (TPSA) is 57.4 Å². The number of rotatable bonds is 1. The molecule has 94 valence electrons. The van der Waals surface area contributed by atoms with Gasteiger partial charge >= 0.3 is 0 Å². The largest absolute Gasteiger partial charge is 0.489 e. The van der Waals surface area contributed by atoms with E-state index >= 15 is 0 Å². The van der Waals surface area contributed by atoms with E-state index in [9.17, 15) is 0 Å². The third kappa shape index (κ3) is 2.18. The number of fused-ring (bicyclic) bond motifs is 1. The molecule has 1 aromatic heterocycles. The first-order valence-electron chi connectivity index (χ1n) is 5.55. The Kier molecular flexibility index (Phi) is 3.13. The molecule has 18 heavy (non-hydrogen) atoms. The van der Waals surface area contributed by atoms with E-state index in [1.807, 2.05) is 12.1 Å². The van der Waals surface area contributed by atoms with Crippen molar-refractivity contribution in [3.8, 4) is 21.9 Å². The fraction of sp³-hybridized carbons (Fsp3) is 0.250. The van der Waals surface area contributed by atoms with Crippen LogP contribution in [-0.4, -0.2) is 18.2 Å². The molecule has 0 radical (unpaired) electrons. The van der Waals surface area contributed by atoms with Gasteiger partial charge in [-0.15, -0.1) is 0 Å². The smallest absolute Gasteiger partial charge is 0.180 e. The Bertz CT molecular complexity index is 585. The van der Waals surface area contributed by atoms with Crippen molar-refractivity contribution in [3.05, 3.63) is 22.8 Å². The van der Waals surface area contributed by atoms with E-state index in [4.69, 9.17) is 15.2 Å². The summed E-state index contributed by atoms with van der Waals surface area (Å²) in [6.07, 6.45) is 2.66. The molecule has 0 fully saturated rings. The molecular weight excluding hydrogens is 316 g/mol. The quantitative estimate of drug-likeness (QED) is 0.873. The number of benzene rings is 1. The maximum absolute atomic E-state index is 5.70. The molecule has 6 heteroatoms. The lowest BCUT2D eigenvalue weighted by Gasteiger charge is -2.10. The molecule has 1 aliphatic rings. The van der Waals surface area contributed by atoms with E-state index < -0.39 is 0 Å². The van der Waals surface area contributed by atoms with Crippen molar-refractivity contribution in [3.63, 3.8) is 0 Å². The summed E-state index contributed by atoms with van der Waals surface area (Å²) in [7, 11) is 0. The third-order valence-electron chi connectivity index (χ3n) is 2.61. The number of halogens is 1. The average molecular weight is 327 g/mol. The van der Waals surface area contributed by atoms with Crippen LogP contribution in [0.5, 0.6) is 11.5 Å². The van der Waals surface area contributed by atoms with Gasteiger partial charge in [-0.25, -0.2) is 4.98 Å². The molecule has 0 unspecified atom stereocenters. The molecule has 0 saturated carbocycles. The lowest BCUT2D eigenvalue weighted by atomic mass is 10.2. The van der Waals surface area contributed by atoms with Crippen LogP contribution in [0.15, 0.2) is 22.8 Å². The van der Waals surface area contributed by atoms with Crippen LogP contribution in [0, 0.1) is 0 Å². The minimum atomic E-state index is 0.563. The number of nitrogens with zero attached hydrogens (tertiary/aromatic N) is 1. The van der Waals surface area contributed by atoms with Crippen LogP contribution < -0.4 is 15.2 Å². The minimum absolute atomic E-state index is 0.563. The van der Waals surface area contributed by atoms with Gasteiger partial charge in [-0.2, -0.15) is 0 Å². The van der Waals surface area contributed by atoms with Gasteiger partial charge in [-0.3, -0.25) is 0 Å². The van der Waals surface area contributed by atoms with Gasteiger partial charge in [0.05, 0.1) is 22.6 Å². The van der Waals surface area contributed by atoms with Gasteiger partial charge in [0, 0.05) is 12.6 Å². The minimum Gasteiger partial charge on any atom is -0.489 e. The Morgan fingerprint density at radius 3 is 2.89 bits per heavy atom. The monoisotopic (exact) mass is 326 g/mol. The zero-order valence-corrected chi connectivity index (χ0v) is 11.9. The van der Waals surface area contributed by atoms with E-state index in [0.717, 1.165) is 32.8 Å². The van der Waals surface area contributed by atoms with Crippen molar-refractivity contribution in [2.24, 2.45) is 0 Å². The molecule has 3 rings (SSSR count). The fourth-order valence-electron chi connectivity index (χ4n) is 1.79. The second-order valence-electron chi connectivity index (χ2n) is 3.90. The van der Waals surface area contributed by atoms with Gasteiger partial charge in [0.1, 0.15) is 0 Å². The second kappa shape index (κ2) is 4.78. The Hall–Kier alpha value is -1.27. The maximum atomic E-state index is 5.70. The first-order valence-corrected chi connectivity index (χ1v) is 7.16. The third-order valence-corrected chi connectivity index (χ3v) is 4.07. The summed E-state index contributed by atoms with van der Waals surface area (Å²) in [5, 5.41) is 0.563. The Morgan fingerprint density at radius 1 is 1.28 bits per heavy atom. The Labute approximate surface area is 117 Å². The van der Waals surface area contributed by atoms with Crippen LogP contribution in [0.1, 0.15) is 6.42 Å². The van der Waals surface area contributed by atoms with Crippen molar-refractivity contribution >= 4 is 32.4 Å². The van der Waals surface area contributed by atoms with E-state index in [1.165, 1.54) is 11.3 Å². The summed E-state index contributed by atoms with van der Waals surface area (Å²) in [4.78, 5) is 5.08. The van der Waals surface area contributed by atoms with Crippen molar-refractivity contribution in [2.45, 2.75) is 6.42 Å². The Balaban J connectivity index is 2.07. The number of nitrogens with two attached hydrogens (primary N) is 1. The number of aromatic nitrogens is 1. The SMILES string of the molecule is Nc1ncc(-c2cc(Br)c3c(c2)OCCCO3)s1. The molecule has 2 aromatic rings. The first-order chi connectivity index (χ1) is 8.74. The lowest BCUT2D eigenvalue weighted by Crippen LogP contribution is -1.97. The molecule has 0 saturated heterocycles. The zero-order chi connectivity index (χ0) is 12.5. The molecule has 0 bridgehead atoms. The van der Waals surface area contributed by atoms with E-state index in [1.54, 1.807) is 6.20 Å². The number of ether oxygens (including phenoxy) is 2. The van der Waals surface area contributed by atoms with Crippen molar-refractivity contribution < 1.29 is 9.47 Å². The summed E-state index contributed by atoms with van der Waals surface area (Å²) in [6.45, 7) is 1.35. The van der Waals surface area contributed by atoms with Crippen molar-refractivity contribution in [1.29, 1.82) is 0 Å². The van der Waals surface area contributed by atoms with Gasteiger partial charge in [0.15, 0.2) is 16.6 Å². The first kappa shape index (κ1) is 11.8. The van der Waals surface area contributed by atoms with Crippen LogP contribution in [0.2, 0.25) is 0 Å². The molecule has 2 N–H and O–H groups in total. The number of anilines is 1.